The number of nitrogens with one attached hydrogen (secondary N) is 1. The molecule has 2 N–H and O–H groups in total. The summed E-state index contributed by atoms with van der Waals surface area (Å²) >= 11 is 0. The van der Waals surface area contributed by atoms with E-state index in [4.69, 9.17) is 0 Å². The number of carbonyl (C=O) groups is 3. The first-order chi connectivity index (χ1) is 12.0. The van der Waals surface area contributed by atoms with Crippen LogP contribution >= 0.6 is 0 Å². The molecule has 0 aromatic rings. The molecule has 1 heterocycles. The molecule has 2 unspecified atom stereocenters. The molecule has 1 aliphatic heterocycles. The number of carbonyl (C=O) groups excluding carboxylic acids is 2. The minimum Gasteiger partial charge on any atom is -0.481 e. The Morgan fingerprint density at radius 1 is 0.920 bits per heavy atom. The fourth-order valence-electron chi connectivity index (χ4n) is 4.81. The number of likely N-dealkylation sites (tertiary alicyclic amines) is 1. The highest BCUT2D eigenvalue weighted by molar-refractivity contribution is 5.82. The zero-order valence-corrected chi connectivity index (χ0v) is 15.1. The van der Waals surface area contributed by atoms with Crippen molar-refractivity contribution in [2.75, 3.05) is 6.54 Å². The van der Waals surface area contributed by atoms with Gasteiger partial charge in [-0.1, -0.05) is 12.8 Å². The molecule has 0 spiro atoms. The maximum absolute atomic E-state index is 12.8. The second-order valence-electron chi connectivity index (χ2n) is 8.04. The second-order valence-corrected chi connectivity index (χ2v) is 8.04. The highest BCUT2D eigenvalue weighted by Crippen LogP contribution is 2.32. The van der Waals surface area contributed by atoms with E-state index in [1.165, 1.54) is 0 Å². The van der Waals surface area contributed by atoms with Gasteiger partial charge < -0.3 is 15.3 Å². The van der Waals surface area contributed by atoms with E-state index in [1.54, 1.807) is 4.90 Å². The molecule has 6 nitrogen and oxygen atoms in total. The van der Waals surface area contributed by atoms with Crippen LogP contribution in [0.25, 0.3) is 0 Å². The van der Waals surface area contributed by atoms with Crippen LogP contribution in [-0.2, 0) is 14.4 Å². The molecule has 0 bridgehead atoms. The van der Waals surface area contributed by atoms with Gasteiger partial charge in [-0.25, -0.2) is 0 Å². The van der Waals surface area contributed by atoms with Gasteiger partial charge in [0, 0.05) is 30.5 Å². The van der Waals surface area contributed by atoms with Crippen molar-refractivity contribution < 1.29 is 19.5 Å². The van der Waals surface area contributed by atoms with Crippen LogP contribution in [0.2, 0.25) is 0 Å². The summed E-state index contributed by atoms with van der Waals surface area (Å²) in [4.78, 5) is 38.0. The van der Waals surface area contributed by atoms with E-state index < -0.39 is 11.9 Å². The summed E-state index contributed by atoms with van der Waals surface area (Å²) in [6, 6.07) is -0.0234. The van der Waals surface area contributed by atoms with Crippen LogP contribution in [-0.4, -0.2) is 46.4 Å². The molecule has 0 aromatic carbocycles. The summed E-state index contributed by atoms with van der Waals surface area (Å²) in [6.07, 6.45) is 8.16. The SMILES string of the molecule is CC1C(C(=O)O)CCN1C(=O)C1CCC(NC(=O)C2CCCC2)CC1. The van der Waals surface area contributed by atoms with Crippen molar-refractivity contribution in [3.8, 4) is 0 Å². The number of rotatable bonds is 4. The van der Waals surface area contributed by atoms with Crippen molar-refractivity contribution in [2.45, 2.75) is 76.8 Å². The van der Waals surface area contributed by atoms with Gasteiger partial charge in [0.25, 0.3) is 0 Å². The average Bonchev–Trinajstić information content (AvgIpc) is 3.24. The van der Waals surface area contributed by atoms with E-state index in [9.17, 15) is 19.5 Å². The van der Waals surface area contributed by atoms with Gasteiger partial charge in [-0.15, -0.1) is 0 Å². The highest BCUT2D eigenvalue weighted by atomic mass is 16.4. The first-order valence-corrected chi connectivity index (χ1v) is 9.81. The lowest BCUT2D eigenvalue weighted by molar-refractivity contribution is -0.143. The first-order valence-electron chi connectivity index (χ1n) is 9.81. The Bertz CT molecular complexity index is 522. The molecular formula is C19H30N2O4. The number of carboxylic acids is 1. The van der Waals surface area contributed by atoms with Crippen molar-refractivity contribution in [3.63, 3.8) is 0 Å². The molecule has 3 fully saturated rings. The van der Waals surface area contributed by atoms with Crippen LogP contribution < -0.4 is 5.32 Å². The first kappa shape index (κ1) is 18.2. The molecule has 140 valence electrons. The van der Waals surface area contributed by atoms with E-state index in [-0.39, 0.29) is 35.7 Å². The molecule has 0 aromatic heterocycles. The molecule has 3 aliphatic rings. The summed E-state index contributed by atoms with van der Waals surface area (Å²) < 4.78 is 0. The molecule has 2 aliphatic carbocycles. The number of hydrogen-bond donors (Lipinski definition) is 2. The van der Waals surface area contributed by atoms with E-state index >= 15 is 0 Å². The Morgan fingerprint density at radius 3 is 2.12 bits per heavy atom. The van der Waals surface area contributed by atoms with Crippen molar-refractivity contribution >= 4 is 17.8 Å². The fourth-order valence-corrected chi connectivity index (χ4v) is 4.81. The zero-order valence-electron chi connectivity index (χ0n) is 15.1. The van der Waals surface area contributed by atoms with Gasteiger partial charge in [0.1, 0.15) is 0 Å². The van der Waals surface area contributed by atoms with Crippen molar-refractivity contribution in [3.05, 3.63) is 0 Å². The molecule has 6 heteroatoms. The quantitative estimate of drug-likeness (QED) is 0.813. The number of hydrogen-bond acceptors (Lipinski definition) is 3. The third-order valence-electron chi connectivity index (χ3n) is 6.50. The second kappa shape index (κ2) is 7.75. The van der Waals surface area contributed by atoms with Gasteiger partial charge in [0.15, 0.2) is 0 Å². The molecule has 2 saturated carbocycles. The Balaban J connectivity index is 1.46. The van der Waals surface area contributed by atoms with Crippen molar-refractivity contribution in [1.82, 2.24) is 10.2 Å². The summed E-state index contributed by atoms with van der Waals surface area (Å²) in [5.41, 5.74) is 0. The number of amides is 2. The van der Waals surface area contributed by atoms with Crippen LogP contribution in [0.3, 0.4) is 0 Å². The summed E-state index contributed by atoms with van der Waals surface area (Å²) in [5.74, 6) is -0.763. The Labute approximate surface area is 149 Å². The number of aliphatic carboxylic acids is 1. The van der Waals surface area contributed by atoms with E-state index in [0.717, 1.165) is 51.4 Å². The predicted octanol–water partition coefficient (Wildman–Crippen LogP) is 2.17. The summed E-state index contributed by atoms with van der Waals surface area (Å²) in [5, 5.41) is 12.4. The van der Waals surface area contributed by atoms with Gasteiger partial charge in [-0.05, 0) is 51.9 Å². The van der Waals surface area contributed by atoms with Crippen LogP contribution in [0.5, 0.6) is 0 Å². The molecule has 0 radical (unpaired) electrons. The summed E-state index contributed by atoms with van der Waals surface area (Å²) in [7, 11) is 0. The van der Waals surface area contributed by atoms with Gasteiger partial charge in [-0.3, -0.25) is 14.4 Å². The highest BCUT2D eigenvalue weighted by Gasteiger charge is 2.41. The number of carboxylic acid groups (broad SMARTS) is 1. The van der Waals surface area contributed by atoms with Crippen LogP contribution in [0.1, 0.15) is 64.7 Å². The van der Waals surface area contributed by atoms with E-state index in [1.807, 2.05) is 6.92 Å². The molecule has 2 amide bonds. The maximum Gasteiger partial charge on any atom is 0.308 e. The van der Waals surface area contributed by atoms with Gasteiger partial charge in [-0.2, -0.15) is 0 Å². The Morgan fingerprint density at radius 2 is 1.56 bits per heavy atom. The fraction of sp³-hybridized carbons (Fsp3) is 0.842. The third kappa shape index (κ3) is 3.98. The third-order valence-corrected chi connectivity index (χ3v) is 6.50. The van der Waals surface area contributed by atoms with E-state index in [2.05, 4.69) is 5.32 Å². The van der Waals surface area contributed by atoms with Gasteiger partial charge >= 0.3 is 5.97 Å². The lowest BCUT2D eigenvalue weighted by atomic mass is 9.84. The molecule has 25 heavy (non-hydrogen) atoms. The zero-order chi connectivity index (χ0) is 18.0. The summed E-state index contributed by atoms with van der Waals surface area (Å²) in [6.45, 7) is 2.40. The molecular weight excluding hydrogens is 320 g/mol. The normalized spacial score (nSPS) is 33.4. The molecule has 2 atom stereocenters. The van der Waals surface area contributed by atoms with E-state index in [0.29, 0.717) is 13.0 Å². The Hall–Kier alpha value is -1.59. The van der Waals surface area contributed by atoms with Crippen LogP contribution in [0.15, 0.2) is 0 Å². The lowest BCUT2D eigenvalue weighted by Crippen LogP contribution is -2.45. The minimum absolute atomic E-state index is 0.0189. The standard InChI is InChI=1S/C19H30N2O4/c1-12-16(19(24)25)10-11-21(12)18(23)14-6-8-15(9-7-14)20-17(22)13-4-2-3-5-13/h12-16H,2-11H2,1H3,(H,20,22)(H,24,25). The topological polar surface area (TPSA) is 86.7 Å². The van der Waals surface area contributed by atoms with Crippen molar-refractivity contribution in [1.29, 1.82) is 0 Å². The Kier molecular flexibility index (Phi) is 5.64. The average molecular weight is 350 g/mol. The van der Waals surface area contributed by atoms with Crippen LogP contribution in [0, 0.1) is 17.8 Å². The largest absolute Gasteiger partial charge is 0.481 e. The molecule has 1 saturated heterocycles. The van der Waals surface area contributed by atoms with Crippen molar-refractivity contribution in [2.24, 2.45) is 17.8 Å². The van der Waals surface area contributed by atoms with Crippen LogP contribution in [0.4, 0.5) is 0 Å². The minimum atomic E-state index is -0.805. The predicted molar refractivity (Wildman–Crippen MR) is 92.8 cm³/mol. The lowest BCUT2D eigenvalue weighted by Gasteiger charge is -2.33. The monoisotopic (exact) mass is 350 g/mol. The molecule has 3 rings (SSSR count). The smallest absolute Gasteiger partial charge is 0.308 e. The number of nitrogens with zero attached hydrogens (tertiary/aromatic N) is 1. The maximum atomic E-state index is 12.8. The van der Waals surface area contributed by atoms with Gasteiger partial charge in [0.2, 0.25) is 11.8 Å². The van der Waals surface area contributed by atoms with Gasteiger partial charge in [0.05, 0.1) is 5.92 Å².